The second kappa shape index (κ2) is 3.90. The quantitative estimate of drug-likeness (QED) is 0.773. The van der Waals surface area contributed by atoms with Crippen molar-refractivity contribution >= 4 is 17.6 Å². The zero-order valence-electron chi connectivity index (χ0n) is 8.51. The van der Waals surface area contributed by atoms with Crippen LogP contribution in [-0.4, -0.2) is 26.2 Å². The standard InChI is InChI=1S/C9H11N5S/c1-6-3-4-8(13-12-6)14-9(10)7(15-2)5-11-14/h3-5H,10H2,1-2H3. The summed E-state index contributed by atoms with van der Waals surface area (Å²) >= 11 is 1.56. The van der Waals surface area contributed by atoms with Gasteiger partial charge < -0.3 is 5.73 Å². The molecule has 2 heterocycles. The van der Waals surface area contributed by atoms with Gasteiger partial charge in [0.15, 0.2) is 5.82 Å². The van der Waals surface area contributed by atoms with Gasteiger partial charge in [-0.2, -0.15) is 14.9 Å². The molecule has 0 aliphatic rings. The van der Waals surface area contributed by atoms with E-state index in [1.807, 2.05) is 25.3 Å². The topological polar surface area (TPSA) is 69.6 Å². The Hall–Kier alpha value is -1.56. The molecule has 15 heavy (non-hydrogen) atoms. The average Bonchev–Trinajstić information content (AvgIpc) is 2.61. The number of aryl methyl sites for hydroxylation is 1. The summed E-state index contributed by atoms with van der Waals surface area (Å²) in [6.07, 6.45) is 3.68. The van der Waals surface area contributed by atoms with Crippen molar-refractivity contribution in [3.05, 3.63) is 24.0 Å². The van der Waals surface area contributed by atoms with Gasteiger partial charge >= 0.3 is 0 Å². The summed E-state index contributed by atoms with van der Waals surface area (Å²) in [4.78, 5) is 0.942. The van der Waals surface area contributed by atoms with Crippen LogP contribution in [0.4, 0.5) is 5.82 Å². The zero-order chi connectivity index (χ0) is 10.8. The van der Waals surface area contributed by atoms with Gasteiger partial charge in [0.2, 0.25) is 0 Å². The second-order valence-corrected chi connectivity index (χ2v) is 3.89. The molecule has 0 aromatic carbocycles. The van der Waals surface area contributed by atoms with E-state index in [4.69, 9.17) is 5.73 Å². The number of hydrogen-bond donors (Lipinski definition) is 1. The summed E-state index contributed by atoms with van der Waals surface area (Å²) in [5.41, 5.74) is 6.77. The lowest BCUT2D eigenvalue weighted by atomic mass is 10.4. The molecule has 0 radical (unpaired) electrons. The van der Waals surface area contributed by atoms with Crippen LogP contribution in [0.1, 0.15) is 5.69 Å². The molecule has 2 rings (SSSR count). The maximum Gasteiger partial charge on any atom is 0.178 e. The van der Waals surface area contributed by atoms with Gasteiger partial charge in [0.25, 0.3) is 0 Å². The molecule has 0 aliphatic heterocycles. The lowest BCUT2D eigenvalue weighted by molar-refractivity contribution is 0.814. The van der Waals surface area contributed by atoms with Crippen molar-refractivity contribution in [3.8, 4) is 5.82 Å². The number of hydrogen-bond acceptors (Lipinski definition) is 5. The van der Waals surface area contributed by atoms with E-state index in [2.05, 4.69) is 15.3 Å². The highest BCUT2D eigenvalue weighted by molar-refractivity contribution is 7.98. The van der Waals surface area contributed by atoms with E-state index in [0.29, 0.717) is 11.6 Å². The summed E-state index contributed by atoms with van der Waals surface area (Å²) in [6, 6.07) is 3.72. The number of nitrogens with zero attached hydrogens (tertiary/aromatic N) is 4. The molecule has 2 aromatic heterocycles. The highest BCUT2D eigenvalue weighted by Crippen LogP contribution is 2.23. The van der Waals surface area contributed by atoms with E-state index in [1.54, 1.807) is 22.6 Å². The van der Waals surface area contributed by atoms with E-state index >= 15 is 0 Å². The Bertz CT molecular complexity index is 462. The summed E-state index contributed by atoms with van der Waals surface area (Å²) in [6.45, 7) is 1.89. The normalized spacial score (nSPS) is 10.5. The van der Waals surface area contributed by atoms with Gasteiger partial charge in [-0.1, -0.05) is 0 Å². The van der Waals surface area contributed by atoms with Crippen molar-refractivity contribution in [1.82, 2.24) is 20.0 Å². The Morgan fingerprint density at radius 1 is 1.33 bits per heavy atom. The van der Waals surface area contributed by atoms with Gasteiger partial charge in [-0.25, -0.2) is 0 Å². The van der Waals surface area contributed by atoms with E-state index < -0.39 is 0 Å². The van der Waals surface area contributed by atoms with Gasteiger partial charge in [0.1, 0.15) is 5.82 Å². The molecule has 0 saturated carbocycles. The third-order valence-electron chi connectivity index (χ3n) is 1.99. The Labute approximate surface area is 91.7 Å². The summed E-state index contributed by atoms with van der Waals surface area (Å²) in [5, 5.41) is 12.1. The first-order valence-corrected chi connectivity index (χ1v) is 5.63. The number of anilines is 1. The fourth-order valence-corrected chi connectivity index (χ4v) is 1.64. The number of nitrogens with two attached hydrogens (primary N) is 1. The second-order valence-electron chi connectivity index (χ2n) is 3.04. The van der Waals surface area contributed by atoms with Crippen molar-refractivity contribution in [1.29, 1.82) is 0 Å². The zero-order valence-corrected chi connectivity index (χ0v) is 9.32. The molecule has 0 saturated heterocycles. The van der Waals surface area contributed by atoms with Crippen LogP contribution in [0.5, 0.6) is 0 Å². The van der Waals surface area contributed by atoms with E-state index in [-0.39, 0.29) is 0 Å². The van der Waals surface area contributed by atoms with Crippen molar-refractivity contribution in [2.24, 2.45) is 0 Å². The van der Waals surface area contributed by atoms with Crippen molar-refractivity contribution in [2.45, 2.75) is 11.8 Å². The van der Waals surface area contributed by atoms with Gasteiger partial charge in [-0.3, -0.25) is 0 Å². The summed E-state index contributed by atoms with van der Waals surface area (Å²) in [5.74, 6) is 1.24. The van der Waals surface area contributed by atoms with Crippen molar-refractivity contribution < 1.29 is 0 Å². The smallest absolute Gasteiger partial charge is 0.178 e. The minimum atomic E-state index is 0.598. The monoisotopic (exact) mass is 221 g/mol. The molecule has 6 heteroatoms. The molecule has 2 aromatic rings. The molecular formula is C9H11N5S. The average molecular weight is 221 g/mol. The van der Waals surface area contributed by atoms with Crippen molar-refractivity contribution in [3.63, 3.8) is 0 Å². The van der Waals surface area contributed by atoms with Crippen LogP contribution in [0, 0.1) is 6.92 Å². The highest BCUT2D eigenvalue weighted by Gasteiger charge is 2.08. The third-order valence-corrected chi connectivity index (χ3v) is 2.75. The number of nitrogen functional groups attached to an aromatic ring is 1. The first-order valence-electron chi connectivity index (χ1n) is 4.40. The first kappa shape index (κ1) is 9.97. The molecule has 0 atom stereocenters. The molecule has 78 valence electrons. The maximum absolute atomic E-state index is 5.90. The van der Waals surface area contributed by atoms with Crippen LogP contribution in [0.3, 0.4) is 0 Å². The Kier molecular flexibility index (Phi) is 2.59. The Morgan fingerprint density at radius 2 is 2.13 bits per heavy atom. The predicted octanol–water partition coefficient (Wildman–Crippen LogP) is 1.27. The number of rotatable bonds is 2. The first-order chi connectivity index (χ1) is 7.22. The lowest BCUT2D eigenvalue weighted by Gasteiger charge is -2.02. The maximum atomic E-state index is 5.90. The third kappa shape index (κ3) is 1.80. The highest BCUT2D eigenvalue weighted by atomic mass is 32.2. The molecule has 0 amide bonds. The minimum absolute atomic E-state index is 0.598. The lowest BCUT2D eigenvalue weighted by Crippen LogP contribution is -2.05. The van der Waals surface area contributed by atoms with Gasteiger partial charge in [-0.15, -0.1) is 16.9 Å². The van der Waals surface area contributed by atoms with Gasteiger partial charge in [0.05, 0.1) is 16.8 Å². The van der Waals surface area contributed by atoms with Crippen LogP contribution in [0.25, 0.3) is 5.82 Å². The van der Waals surface area contributed by atoms with Crippen LogP contribution in [0.15, 0.2) is 23.2 Å². The molecule has 0 fully saturated rings. The van der Waals surface area contributed by atoms with Crippen LogP contribution < -0.4 is 5.73 Å². The molecule has 0 unspecified atom stereocenters. The minimum Gasteiger partial charge on any atom is -0.383 e. The summed E-state index contributed by atoms with van der Waals surface area (Å²) in [7, 11) is 0. The number of thioether (sulfide) groups is 1. The summed E-state index contributed by atoms with van der Waals surface area (Å²) < 4.78 is 1.58. The van der Waals surface area contributed by atoms with E-state index in [0.717, 1.165) is 10.6 Å². The molecular weight excluding hydrogens is 210 g/mol. The van der Waals surface area contributed by atoms with E-state index in [9.17, 15) is 0 Å². The molecule has 0 spiro atoms. The van der Waals surface area contributed by atoms with Crippen LogP contribution in [0.2, 0.25) is 0 Å². The predicted molar refractivity (Wildman–Crippen MR) is 60.1 cm³/mol. The van der Waals surface area contributed by atoms with Crippen LogP contribution in [-0.2, 0) is 0 Å². The van der Waals surface area contributed by atoms with Gasteiger partial charge in [-0.05, 0) is 25.3 Å². The SMILES string of the molecule is CSc1cnn(-c2ccc(C)nn2)c1N. The van der Waals surface area contributed by atoms with Crippen LogP contribution >= 0.6 is 11.8 Å². The molecule has 0 aliphatic carbocycles. The fraction of sp³-hybridized carbons (Fsp3) is 0.222. The largest absolute Gasteiger partial charge is 0.383 e. The van der Waals surface area contributed by atoms with Crippen molar-refractivity contribution in [2.75, 3.05) is 12.0 Å². The van der Waals surface area contributed by atoms with Gasteiger partial charge in [0, 0.05) is 0 Å². The fourth-order valence-electron chi connectivity index (χ4n) is 1.19. The molecule has 0 bridgehead atoms. The Morgan fingerprint density at radius 3 is 2.67 bits per heavy atom. The Balaban J connectivity index is 2.45. The molecule has 2 N–H and O–H groups in total. The number of aromatic nitrogens is 4. The molecule has 5 nitrogen and oxygen atoms in total. The van der Waals surface area contributed by atoms with E-state index in [1.165, 1.54) is 0 Å².